The molecule has 3 aromatic carbocycles. The largest absolute Gasteiger partial charge is 0.324 e. The van der Waals surface area contributed by atoms with E-state index >= 15 is 0 Å². The zero-order valence-electron chi connectivity index (χ0n) is 18.4. The van der Waals surface area contributed by atoms with Crippen LogP contribution in [0.1, 0.15) is 27.4 Å². The number of ketones is 1. The molecule has 4 atom stereocenters. The number of non-ortho nitro benzene ring substituents is 1. The molecular weight excluding hydrogens is 469 g/mol. The molecule has 1 spiro atoms. The molecule has 3 aliphatic heterocycles. The van der Waals surface area contributed by atoms with Gasteiger partial charge in [0.15, 0.2) is 5.78 Å². The Hall–Kier alpha value is -3.56. The number of para-hydroxylation sites is 1. The first-order chi connectivity index (χ1) is 16.9. The topological polar surface area (TPSA) is 92.5 Å². The molecule has 1 amide bonds. The lowest BCUT2D eigenvalue weighted by atomic mass is 9.69. The third kappa shape index (κ3) is 3.08. The highest BCUT2D eigenvalue weighted by molar-refractivity contribution is 7.99. The van der Waals surface area contributed by atoms with Gasteiger partial charge in [-0.15, -0.1) is 11.8 Å². The molecule has 0 bridgehead atoms. The van der Waals surface area contributed by atoms with Gasteiger partial charge in [0.05, 0.1) is 10.8 Å². The lowest BCUT2D eigenvalue weighted by Gasteiger charge is -2.36. The van der Waals surface area contributed by atoms with Gasteiger partial charge in [-0.3, -0.25) is 24.6 Å². The predicted molar refractivity (Wildman–Crippen MR) is 130 cm³/mol. The van der Waals surface area contributed by atoms with Crippen molar-refractivity contribution < 1.29 is 18.9 Å². The van der Waals surface area contributed by atoms with Crippen molar-refractivity contribution in [2.45, 2.75) is 17.5 Å². The van der Waals surface area contributed by atoms with Crippen molar-refractivity contribution in [1.29, 1.82) is 0 Å². The monoisotopic (exact) mass is 489 g/mol. The molecule has 7 nitrogen and oxygen atoms in total. The third-order valence-electron chi connectivity index (χ3n) is 7.43. The Morgan fingerprint density at radius 1 is 1.09 bits per heavy atom. The van der Waals surface area contributed by atoms with Crippen LogP contribution in [0, 0.1) is 21.8 Å². The number of benzene rings is 3. The standard InChI is InChI=1S/C26H20FN3O4S/c27-17-9-5-16(6-10-17)24(31)23-22(15-7-11-18(12-8-15)30(33)34)21-13-35-14-29(21)26(23)19-3-1-2-4-20(19)28-25(26)32/h1-12,21-23H,13-14H2,(H,28,32). The van der Waals surface area contributed by atoms with Gasteiger partial charge in [-0.25, -0.2) is 4.39 Å². The molecule has 35 heavy (non-hydrogen) atoms. The number of hydrogen-bond donors (Lipinski definition) is 1. The maximum Gasteiger partial charge on any atom is 0.269 e. The van der Waals surface area contributed by atoms with E-state index in [9.17, 15) is 24.1 Å². The van der Waals surface area contributed by atoms with Gasteiger partial charge in [-0.2, -0.15) is 0 Å². The van der Waals surface area contributed by atoms with Crippen LogP contribution in [0.5, 0.6) is 0 Å². The SMILES string of the molecule is O=C(c1ccc(F)cc1)C1C(c2ccc([N+](=O)[O-])cc2)C2CSCN2C12C(=O)Nc1ccccc12. The molecule has 3 aliphatic rings. The van der Waals surface area contributed by atoms with E-state index in [2.05, 4.69) is 10.2 Å². The second-order valence-electron chi connectivity index (χ2n) is 9.03. The first-order valence-corrected chi connectivity index (χ1v) is 12.4. The van der Waals surface area contributed by atoms with Crippen LogP contribution < -0.4 is 5.32 Å². The molecule has 0 radical (unpaired) electrons. The quantitative estimate of drug-likeness (QED) is 0.328. The number of rotatable bonds is 4. The van der Waals surface area contributed by atoms with Crippen molar-refractivity contribution in [2.75, 3.05) is 16.9 Å². The number of nitro benzene ring substituents is 1. The van der Waals surface area contributed by atoms with Crippen LogP contribution in [0.15, 0.2) is 72.8 Å². The van der Waals surface area contributed by atoms with E-state index in [-0.39, 0.29) is 29.3 Å². The van der Waals surface area contributed by atoms with Gasteiger partial charge in [0.25, 0.3) is 5.69 Å². The fourth-order valence-corrected chi connectivity index (χ4v) is 7.34. The fourth-order valence-electron chi connectivity index (χ4n) is 6.02. The summed E-state index contributed by atoms with van der Waals surface area (Å²) >= 11 is 1.70. The maximum absolute atomic E-state index is 14.2. The minimum atomic E-state index is -1.23. The highest BCUT2D eigenvalue weighted by Gasteiger charge is 2.69. The van der Waals surface area contributed by atoms with Crippen molar-refractivity contribution in [1.82, 2.24) is 4.90 Å². The number of thioether (sulfide) groups is 1. The number of nitrogens with zero attached hydrogens (tertiary/aromatic N) is 2. The summed E-state index contributed by atoms with van der Waals surface area (Å²) in [5.74, 6) is -0.856. The molecular formula is C26H20FN3O4S. The minimum absolute atomic E-state index is 0.0375. The summed E-state index contributed by atoms with van der Waals surface area (Å²) in [5, 5.41) is 14.2. The lowest BCUT2D eigenvalue weighted by Crippen LogP contribution is -2.52. The summed E-state index contributed by atoms with van der Waals surface area (Å²) in [6, 6.07) is 18.9. The van der Waals surface area contributed by atoms with Crippen LogP contribution in [0.3, 0.4) is 0 Å². The number of nitrogens with one attached hydrogen (secondary N) is 1. The van der Waals surface area contributed by atoms with E-state index in [1.54, 1.807) is 23.9 Å². The first-order valence-electron chi connectivity index (χ1n) is 11.2. The fraction of sp³-hybridized carbons (Fsp3) is 0.231. The molecule has 2 fully saturated rings. The Kier molecular flexibility index (Phi) is 5.01. The second-order valence-corrected chi connectivity index (χ2v) is 10.0. The lowest BCUT2D eigenvalue weighted by molar-refractivity contribution is -0.384. The Balaban J connectivity index is 1.58. The van der Waals surface area contributed by atoms with Gasteiger partial charge in [0, 0.05) is 52.5 Å². The van der Waals surface area contributed by atoms with E-state index in [4.69, 9.17) is 0 Å². The molecule has 9 heteroatoms. The Bertz CT molecular complexity index is 1360. The van der Waals surface area contributed by atoms with Gasteiger partial charge in [0.1, 0.15) is 11.4 Å². The third-order valence-corrected chi connectivity index (χ3v) is 8.47. The van der Waals surface area contributed by atoms with Crippen LogP contribution >= 0.6 is 11.8 Å². The molecule has 0 aromatic heterocycles. The van der Waals surface area contributed by atoms with Crippen LogP contribution in [0.25, 0.3) is 0 Å². The highest BCUT2D eigenvalue weighted by atomic mass is 32.2. The normalized spacial score (nSPS) is 27.0. The van der Waals surface area contributed by atoms with E-state index < -0.39 is 22.2 Å². The number of anilines is 1. The summed E-state index contributed by atoms with van der Waals surface area (Å²) in [4.78, 5) is 41.0. The zero-order chi connectivity index (χ0) is 24.3. The van der Waals surface area contributed by atoms with Gasteiger partial charge in [-0.05, 0) is 35.9 Å². The summed E-state index contributed by atoms with van der Waals surface area (Å²) in [5.41, 5.74) is 1.25. The number of fused-ring (bicyclic) bond motifs is 4. The van der Waals surface area contributed by atoms with Crippen molar-refractivity contribution in [3.05, 3.63) is 105 Å². The Morgan fingerprint density at radius 2 is 1.80 bits per heavy atom. The minimum Gasteiger partial charge on any atom is -0.324 e. The molecule has 1 N–H and O–H groups in total. The summed E-state index contributed by atoms with van der Waals surface area (Å²) in [7, 11) is 0. The molecule has 4 unspecified atom stereocenters. The number of hydrogen-bond acceptors (Lipinski definition) is 6. The van der Waals surface area contributed by atoms with Gasteiger partial charge in [0.2, 0.25) is 5.91 Å². The first kappa shape index (κ1) is 21.9. The van der Waals surface area contributed by atoms with Gasteiger partial charge < -0.3 is 5.32 Å². The number of Topliss-reactive ketones (excluding diaryl/α,β-unsaturated/α-hetero) is 1. The van der Waals surface area contributed by atoms with E-state index in [1.807, 2.05) is 24.3 Å². The average molecular weight is 490 g/mol. The maximum atomic E-state index is 14.2. The smallest absolute Gasteiger partial charge is 0.269 e. The zero-order valence-corrected chi connectivity index (χ0v) is 19.2. The highest BCUT2D eigenvalue weighted by Crippen LogP contribution is 2.61. The molecule has 3 heterocycles. The average Bonchev–Trinajstić information content (AvgIpc) is 3.52. The molecule has 6 rings (SSSR count). The molecule has 0 aliphatic carbocycles. The van der Waals surface area contributed by atoms with E-state index in [0.29, 0.717) is 22.9 Å². The Morgan fingerprint density at radius 3 is 2.51 bits per heavy atom. The summed E-state index contributed by atoms with van der Waals surface area (Å²) in [6.45, 7) is 0. The second kappa shape index (κ2) is 8.00. The van der Waals surface area contributed by atoms with Crippen molar-refractivity contribution >= 4 is 34.8 Å². The number of halogens is 1. The molecule has 176 valence electrons. The number of carbonyl (C=O) groups is 2. The molecule has 0 saturated carbocycles. The van der Waals surface area contributed by atoms with Crippen molar-refractivity contribution in [3.8, 4) is 0 Å². The van der Waals surface area contributed by atoms with Gasteiger partial charge >= 0.3 is 0 Å². The molecule has 2 saturated heterocycles. The number of amides is 1. The number of nitro groups is 1. The van der Waals surface area contributed by atoms with Crippen molar-refractivity contribution in [2.24, 2.45) is 5.92 Å². The van der Waals surface area contributed by atoms with Crippen molar-refractivity contribution in [3.63, 3.8) is 0 Å². The van der Waals surface area contributed by atoms with Crippen LogP contribution in [-0.4, -0.2) is 39.2 Å². The number of carbonyl (C=O) groups excluding carboxylic acids is 2. The summed E-state index contributed by atoms with van der Waals surface area (Å²) in [6.07, 6.45) is 0. The van der Waals surface area contributed by atoms with Gasteiger partial charge in [-0.1, -0.05) is 30.3 Å². The Labute approximate surface area is 204 Å². The van der Waals surface area contributed by atoms with Crippen LogP contribution in [-0.2, 0) is 10.3 Å². The van der Waals surface area contributed by atoms with E-state index in [0.717, 1.165) is 11.1 Å². The summed E-state index contributed by atoms with van der Waals surface area (Å²) < 4.78 is 13.7. The molecule has 3 aromatic rings. The van der Waals surface area contributed by atoms with Crippen LogP contribution in [0.4, 0.5) is 15.8 Å². The predicted octanol–water partition coefficient (Wildman–Crippen LogP) is 4.55. The van der Waals surface area contributed by atoms with E-state index in [1.165, 1.54) is 36.4 Å². The van der Waals surface area contributed by atoms with Crippen LogP contribution in [0.2, 0.25) is 0 Å².